The highest BCUT2D eigenvalue weighted by molar-refractivity contribution is 6.07. The maximum Gasteiger partial charge on any atom is 0.410 e. The molecule has 3 aromatic rings. The Morgan fingerprint density at radius 3 is 2.60 bits per heavy atom. The number of ether oxygens (including phenoxy) is 2. The lowest BCUT2D eigenvalue weighted by atomic mass is 9.96. The molecule has 1 aliphatic rings. The van der Waals surface area contributed by atoms with Crippen LogP contribution < -0.4 is 20.1 Å². The number of anilines is 2. The molecule has 1 aliphatic heterocycles. The van der Waals surface area contributed by atoms with E-state index in [-0.39, 0.29) is 17.8 Å². The molecule has 3 N–H and O–H groups in total. The number of amides is 1. The number of aliphatic hydroxyl groups is 1. The predicted molar refractivity (Wildman–Crippen MR) is 123 cm³/mol. The van der Waals surface area contributed by atoms with Gasteiger partial charge < -0.3 is 25.2 Å². The first-order valence-electron chi connectivity index (χ1n) is 10.8. The Morgan fingerprint density at radius 2 is 1.94 bits per heavy atom. The summed E-state index contributed by atoms with van der Waals surface area (Å²) >= 11 is 0. The van der Waals surface area contributed by atoms with E-state index in [4.69, 9.17) is 9.47 Å². The molecule has 2 aromatic carbocycles. The minimum absolute atomic E-state index is 0.0353. The first-order chi connectivity index (χ1) is 16.6. The van der Waals surface area contributed by atoms with E-state index in [1.54, 1.807) is 49.4 Å². The molecule has 0 saturated heterocycles. The Morgan fingerprint density at radius 1 is 1.20 bits per heavy atom. The molecule has 186 valence electrons. The number of carbonyl (C=O) groups excluding carboxylic acids is 1. The van der Waals surface area contributed by atoms with Crippen molar-refractivity contribution in [1.82, 2.24) is 9.78 Å². The summed E-state index contributed by atoms with van der Waals surface area (Å²) in [6.45, 7) is 1.59. The highest BCUT2D eigenvalue weighted by atomic mass is 19.4. The van der Waals surface area contributed by atoms with Crippen LogP contribution in [0.2, 0.25) is 0 Å². The van der Waals surface area contributed by atoms with Gasteiger partial charge in [-0.1, -0.05) is 18.2 Å². The fourth-order valence-corrected chi connectivity index (χ4v) is 4.09. The molecule has 0 spiro atoms. The van der Waals surface area contributed by atoms with Crippen LogP contribution in [0.5, 0.6) is 11.5 Å². The molecule has 0 fully saturated rings. The standard InChI is InChI=1S/C24H25F3N4O4/c1-13(32)14-5-4-6-16(9-14)29-23(33)17-12-28-31-21(24(25,26)27)11-18(30-22(17)31)15-7-8-19(34-2)20(10-15)35-3/h4-10,12-13,18,21,30,32H,11H2,1-3H3,(H,29,33)/t13-,18+,21-/m1/s1. The Bertz CT molecular complexity index is 1230. The molecule has 0 saturated carbocycles. The van der Waals surface area contributed by atoms with Crippen LogP contribution >= 0.6 is 0 Å². The Labute approximate surface area is 199 Å². The molecule has 0 aliphatic carbocycles. The van der Waals surface area contributed by atoms with Crippen LogP contribution in [0.25, 0.3) is 0 Å². The summed E-state index contributed by atoms with van der Waals surface area (Å²) in [5.41, 5.74) is 1.49. The van der Waals surface area contributed by atoms with Crippen molar-refractivity contribution in [2.75, 3.05) is 24.9 Å². The van der Waals surface area contributed by atoms with Crippen molar-refractivity contribution in [3.8, 4) is 11.5 Å². The number of fused-ring (bicyclic) bond motifs is 1. The Kier molecular flexibility index (Phi) is 6.62. The Hall–Kier alpha value is -3.73. The number of halogens is 3. The first kappa shape index (κ1) is 24.4. The molecule has 0 unspecified atom stereocenters. The number of rotatable bonds is 6. The molecule has 35 heavy (non-hydrogen) atoms. The van der Waals surface area contributed by atoms with Crippen molar-refractivity contribution in [3.63, 3.8) is 0 Å². The molecular weight excluding hydrogens is 465 g/mol. The van der Waals surface area contributed by atoms with Crippen LogP contribution in [-0.2, 0) is 0 Å². The van der Waals surface area contributed by atoms with Crippen molar-refractivity contribution in [2.24, 2.45) is 0 Å². The van der Waals surface area contributed by atoms with Crippen molar-refractivity contribution in [2.45, 2.75) is 37.7 Å². The quantitative estimate of drug-likeness (QED) is 0.456. The number of aliphatic hydroxyl groups excluding tert-OH is 1. The minimum Gasteiger partial charge on any atom is -0.493 e. The third kappa shape index (κ3) is 4.90. The number of hydrogen-bond acceptors (Lipinski definition) is 6. The van der Waals surface area contributed by atoms with Crippen LogP contribution in [0.4, 0.5) is 24.7 Å². The van der Waals surface area contributed by atoms with E-state index in [0.29, 0.717) is 28.3 Å². The van der Waals surface area contributed by atoms with E-state index < -0.39 is 30.3 Å². The molecule has 1 amide bonds. The van der Waals surface area contributed by atoms with Crippen LogP contribution in [0, 0.1) is 0 Å². The highest BCUT2D eigenvalue weighted by Crippen LogP contribution is 2.45. The number of aromatic nitrogens is 2. The number of methoxy groups -OCH3 is 2. The largest absolute Gasteiger partial charge is 0.493 e. The van der Waals surface area contributed by atoms with Crippen LogP contribution in [-0.4, -0.2) is 41.2 Å². The van der Waals surface area contributed by atoms with Crippen molar-refractivity contribution in [3.05, 3.63) is 65.4 Å². The number of nitrogens with zero attached hydrogens (tertiary/aromatic N) is 2. The van der Waals surface area contributed by atoms with Gasteiger partial charge in [0.25, 0.3) is 5.91 Å². The van der Waals surface area contributed by atoms with Gasteiger partial charge in [-0.25, -0.2) is 4.68 Å². The van der Waals surface area contributed by atoms with E-state index in [0.717, 1.165) is 10.9 Å². The third-order valence-corrected chi connectivity index (χ3v) is 5.92. The van der Waals surface area contributed by atoms with E-state index >= 15 is 0 Å². The van der Waals surface area contributed by atoms with E-state index in [2.05, 4.69) is 15.7 Å². The highest BCUT2D eigenvalue weighted by Gasteiger charge is 2.47. The molecule has 0 radical (unpaired) electrons. The maximum absolute atomic E-state index is 14.0. The Balaban J connectivity index is 1.68. The topological polar surface area (TPSA) is 97.6 Å². The monoisotopic (exact) mass is 490 g/mol. The van der Waals surface area contributed by atoms with E-state index in [9.17, 15) is 23.1 Å². The van der Waals surface area contributed by atoms with Gasteiger partial charge in [0.2, 0.25) is 0 Å². The lowest BCUT2D eigenvalue weighted by molar-refractivity contribution is -0.173. The molecule has 11 heteroatoms. The zero-order valence-corrected chi connectivity index (χ0v) is 19.3. The first-order valence-corrected chi connectivity index (χ1v) is 10.8. The second-order valence-electron chi connectivity index (χ2n) is 8.21. The molecule has 8 nitrogen and oxygen atoms in total. The number of hydrogen-bond donors (Lipinski definition) is 3. The summed E-state index contributed by atoms with van der Waals surface area (Å²) in [4.78, 5) is 13.0. The molecule has 1 aromatic heterocycles. The smallest absolute Gasteiger partial charge is 0.410 e. The van der Waals surface area contributed by atoms with Gasteiger partial charge in [-0.3, -0.25) is 4.79 Å². The summed E-state index contributed by atoms with van der Waals surface area (Å²) in [5, 5.41) is 19.4. The average molecular weight is 490 g/mol. The number of benzene rings is 2. The average Bonchev–Trinajstić information content (AvgIpc) is 3.26. The number of nitrogens with one attached hydrogen (secondary N) is 2. The number of carbonyl (C=O) groups is 1. The van der Waals surface area contributed by atoms with E-state index in [1.165, 1.54) is 14.2 Å². The third-order valence-electron chi connectivity index (χ3n) is 5.92. The maximum atomic E-state index is 14.0. The van der Waals surface area contributed by atoms with Crippen LogP contribution in [0.15, 0.2) is 48.7 Å². The van der Waals surface area contributed by atoms with Gasteiger partial charge >= 0.3 is 6.18 Å². The van der Waals surface area contributed by atoms with E-state index in [1.807, 2.05) is 0 Å². The van der Waals surface area contributed by atoms with Gasteiger partial charge in [0.15, 0.2) is 17.5 Å². The van der Waals surface area contributed by atoms with Crippen molar-refractivity contribution >= 4 is 17.4 Å². The summed E-state index contributed by atoms with van der Waals surface area (Å²) in [6.07, 6.45) is -4.54. The van der Waals surface area contributed by atoms with Gasteiger partial charge in [0.1, 0.15) is 11.4 Å². The lowest BCUT2D eigenvalue weighted by Gasteiger charge is -2.34. The van der Waals surface area contributed by atoms with Crippen LogP contribution in [0.3, 0.4) is 0 Å². The summed E-state index contributed by atoms with van der Waals surface area (Å²) in [5.74, 6) is 0.160. The van der Waals surface area contributed by atoms with Crippen molar-refractivity contribution < 1.29 is 32.5 Å². The van der Waals surface area contributed by atoms with Gasteiger partial charge in [-0.05, 0) is 42.3 Å². The molecule has 2 heterocycles. The zero-order valence-electron chi connectivity index (χ0n) is 19.3. The SMILES string of the molecule is COc1ccc([C@@H]2C[C@H](C(F)(F)F)n3ncc(C(=O)Nc4cccc([C@@H](C)O)c4)c3N2)cc1OC. The lowest BCUT2D eigenvalue weighted by Crippen LogP contribution is -2.36. The predicted octanol–water partition coefficient (Wildman–Crippen LogP) is 4.87. The second-order valence-corrected chi connectivity index (χ2v) is 8.21. The summed E-state index contributed by atoms with van der Waals surface area (Å²) < 4.78 is 53.3. The zero-order chi connectivity index (χ0) is 25.3. The number of alkyl halides is 3. The molecule has 0 bridgehead atoms. The molecule has 3 atom stereocenters. The molecule has 4 rings (SSSR count). The van der Waals surface area contributed by atoms with Gasteiger partial charge in [-0.2, -0.15) is 18.3 Å². The van der Waals surface area contributed by atoms with Gasteiger partial charge in [0.05, 0.1) is 32.6 Å². The van der Waals surface area contributed by atoms with Gasteiger partial charge in [0, 0.05) is 12.1 Å². The normalized spacial score (nSPS) is 18.3. The van der Waals surface area contributed by atoms with Crippen LogP contribution in [0.1, 0.15) is 53.0 Å². The fourth-order valence-electron chi connectivity index (χ4n) is 4.09. The summed E-state index contributed by atoms with van der Waals surface area (Å²) in [6, 6.07) is 8.76. The molecular formula is C24H25F3N4O4. The summed E-state index contributed by atoms with van der Waals surface area (Å²) in [7, 11) is 2.91. The minimum atomic E-state index is -4.59. The van der Waals surface area contributed by atoms with Crippen molar-refractivity contribution in [1.29, 1.82) is 0 Å². The fraction of sp³-hybridized carbons (Fsp3) is 0.333. The van der Waals surface area contributed by atoms with Gasteiger partial charge in [-0.15, -0.1) is 0 Å². The second kappa shape index (κ2) is 9.49.